The van der Waals surface area contributed by atoms with Crippen LogP contribution in [0.4, 0.5) is 0 Å². The molecule has 1 N–H and O–H groups in total. The van der Waals surface area contributed by atoms with E-state index in [2.05, 4.69) is 32.2 Å². The number of aryl methyl sites for hydroxylation is 2. The van der Waals surface area contributed by atoms with Crippen LogP contribution < -0.4 is 5.32 Å². The second-order valence-electron chi connectivity index (χ2n) is 3.99. The molecule has 1 aromatic rings. The van der Waals surface area contributed by atoms with Crippen molar-refractivity contribution in [3.05, 3.63) is 21.4 Å². The molecule has 0 aromatic carbocycles. The largest absolute Gasteiger partial charge is 0.316 e. The highest BCUT2D eigenvalue weighted by atomic mass is 32.2. The van der Waals surface area contributed by atoms with E-state index in [1.165, 1.54) is 39.7 Å². The van der Waals surface area contributed by atoms with Gasteiger partial charge < -0.3 is 5.32 Å². The van der Waals surface area contributed by atoms with Gasteiger partial charge in [0.25, 0.3) is 0 Å². The summed E-state index contributed by atoms with van der Waals surface area (Å²) in [4.78, 5) is 2.92. The number of rotatable bonds is 8. The Hall–Kier alpha value is 0.01000. The summed E-state index contributed by atoms with van der Waals surface area (Å²) in [6.07, 6.45) is 2.47. The fourth-order valence-corrected chi connectivity index (χ4v) is 3.34. The summed E-state index contributed by atoms with van der Waals surface area (Å²) >= 11 is 3.94. The van der Waals surface area contributed by atoms with Crippen LogP contribution in [0.15, 0.2) is 6.07 Å². The standard InChI is InChI=1S/C13H23NS2/c1-4-15-9-5-7-14-8-6-13-10-11(2)16-12(13)3/h10,14H,4-9H2,1-3H3. The van der Waals surface area contributed by atoms with Gasteiger partial charge in [-0.15, -0.1) is 11.3 Å². The summed E-state index contributed by atoms with van der Waals surface area (Å²) in [5, 5.41) is 3.52. The number of nitrogens with one attached hydrogen (secondary N) is 1. The predicted molar refractivity (Wildman–Crippen MR) is 78.0 cm³/mol. The molecule has 16 heavy (non-hydrogen) atoms. The van der Waals surface area contributed by atoms with Gasteiger partial charge in [0, 0.05) is 9.75 Å². The lowest BCUT2D eigenvalue weighted by molar-refractivity contribution is 0.674. The highest BCUT2D eigenvalue weighted by Gasteiger charge is 2.01. The summed E-state index contributed by atoms with van der Waals surface area (Å²) in [6, 6.07) is 2.33. The zero-order valence-electron chi connectivity index (χ0n) is 10.6. The highest BCUT2D eigenvalue weighted by Crippen LogP contribution is 2.20. The molecule has 3 heteroatoms. The van der Waals surface area contributed by atoms with Crippen molar-refractivity contribution in [1.29, 1.82) is 0 Å². The molecule has 1 aromatic heterocycles. The van der Waals surface area contributed by atoms with Crippen molar-refractivity contribution in [3.63, 3.8) is 0 Å². The zero-order chi connectivity index (χ0) is 11.8. The van der Waals surface area contributed by atoms with Crippen LogP contribution in [0.25, 0.3) is 0 Å². The highest BCUT2D eigenvalue weighted by molar-refractivity contribution is 7.99. The van der Waals surface area contributed by atoms with E-state index in [9.17, 15) is 0 Å². The van der Waals surface area contributed by atoms with Crippen molar-refractivity contribution in [1.82, 2.24) is 5.32 Å². The number of hydrogen-bond acceptors (Lipinski definition) is 3. The normalized spacial score (nSPS) is 10.9. The van der Waals surface area contributed by atoms with Gasteiger partial charge in [0.05, 0.1) is 0 Å². The Morgan fingerprint density at radius 3 is 2.75 bits per heavy atom. The molecule has 0 unspecified atom stereocenters. The van der Waals surface area contributed by atoms with Gasteiger partial charge in [0.1, 0.15) is 0 Å². The lowest BCUT2D eigenvalue weighted by Gasteiger charge is -2.04. The summed E-state index contributed by atoms with van der Waals surface area (Å²) in [5.74, 6) is 2.54. The molecule has 0 spiro atoms. The molecule has 0 fully saturated rings. The van der Waals surface area contributed by atoms with E-state index in [1.807, 2.05) is 23.1 Å². The predicted octanol–water partition coefficient (Wildman–Crippen LogP) is 3.64. The first-order valence-corrected chi connectivity index (χ1v) is 8.05. The molecule has 1 nitrogen and oxygen atoms in total. The van der Waals surface area contributed by atoms with Gasteiger partial charge in [0.2, 0.25) is 0 Å². The average Bonchev–Trinajstić information content (AvgIpc) is 2.56. The minimum atomic E-state index is 1.12. The molecule has 0 atom stereocenters. The Bertz CT molecular complexity index is 294. The van der Waals surface area contributed by atoms with Gasteiger partial charge >= 0.3 is 0 Å². The third kappa shape index (κ3) is 5.37. The Balaban J connectivity index is 2.05. The van der Waals surface area contributed by atoms with E-state index in [0.717, 1.165) is 13.1 Å². The van der Waals surface area contributed by atoms with Crippen LogP contribution in [0.1, 0.15) is 28.7 Å². The lowest BCUT2D eigenvalue weighted by Crippen LogP contribution is -2.19. The molecule has 0 aliphatic heterocycles. The third-order valence-corrected chi connectivity index (χ3v) is 4.56. The number of hydrogen-bond donors (Lipinski definition) is 1. The molecular weight excluding hydrogens is 234 g/mol. The maximum Gasteiger partial charge on any atom is 0.00495 e. The van der Waals surface area contributed by atoms with Crippen molar-refractivity contribution in [2.45, 2.75) is 33.6 Å². The van der Waals surface area contributed by atoms with E-state index in [4.69, 9.17) is 0 Å². The van der Waals surface area contributed by atoms with E-state index in [0.29, 0.717) is 0 Å². The quantitative estimate of drug-likeness (QED) is 0.714. The van der Waals surface area contributed by atoms with Crippen molar-refractivity contribution in [2.24, 2.45) is 0 Å². The molecule has 1 rings (SSSR count). The van der Waals surface area contributed by atoms with Crippen LogP contribution >= 0.6 is 23.1 Å². The van der Waals surface area contributed by atoms with Gasteiger partial charge in [-0.25, -0.2) is 0 Å². The summed E-state index contributed by atoms with van der Waals surface area (Å²) in [5.41, 5.74) is 1.53. The minimum absolute atomic E-state index is 1.12. The van der Waals surface area contributed by atoms with Crippen LogP contribution in [0.2, 0.25) is 0 Å². The van der Waals surface area contributed by atoms with Gasteiger partial charge in [-0.1, -0.05) is 6.92 Å². The second-order valence-corrected chi connectivity index (χ2v) is 6.84. The Kier molecular flexibility index (Phi) is 7.17. The first-order chi connectivity index (χ1) is 7.74. The van der Waals surface area contributed by atoms with E-state index < -0.39 is 0 Å². The third-order valence-electron chi connectivity index (χ3n) is 2.56. The zero-order valence-corrected chi connectivity index (χ0v) is 12.3. The molecule has 0 radical (unpaired) electrons. The molecule has 0 aliphatic rings. The maximum atomic E-state index is 3.52. The molecule has 0 aliphatic carbocycles. The summed E-state index contributed by atoms with van der Waals surface area (Å²) in [7, 11) is 0. The molecule has 92 valence electrons. The van der Waals surface area contributed by atoms with Crippen LogP contribution in [-0.2, 0) is 6.42 Å². The van der Waals surface area contributed by atoms with Crippen LogP contribution in [0, 0.1) is 13.8 Å². The smallest absolute Gasteiger partial charge is 0.00495 e. The average molecular weight is 257 g/mol. The van der Waals surface area contributed by atoms with Crippen molar-refractivity contribution in [2.75, 3.05) is 24.6 Å². The first kappa shape index (κ1) is 14.1. The maximum absolute atomic E-state index is 3.52. The Morgan fingerprint density at radius 1 is 1.31 bits per heavy atom. The second kappa shape index (κ2) is 8.15. The van der Waals surface area contributed by atoms with Crippen LogP contribution in [0.5, 0.6) is 0 Å². The van der Waals surface area contributed by atoms with Gasteiger partial charge in [-0.05, 0) is 62.9 Å². The SMILES string of the molecule is CCSCCCNCCc1cc(C)sc1C. The van der Waals surface area contributed by atoms with Gasteiger partial charge in [-0.2, -0.15) is 11.8 Å². The van der Waals surface area contributed by atoms with Gasteiger partial charge in [0.15, 0.2) is 0 Å². The number of thiophene rings is 1. The van der Waals surface area contributed by atoms with Crippen molar-refractivity contribution in [3.8, 4) is 0 Å². The monoisotopic (exact) mass is 257 g/mol. The van der Waals surface area contributed by atoms with Crippen molar-refractivity contribution < 1.29 is 0 Å². The van der Waals surface area contributed by atoms with Gasteiger partial charge in [-0.3, -0.25) is 0 Å². The van der Waals surface area contributed by atoms with E-state index in [-0.39, 0.29) is 0 Å². The molecular formula is C13H23NS2. The molecule has 0 saturated heterocycles. The molecule has 0 amide bonds. The Labute approximate surface area is 108 Å². The van der Waals surface area contributed by atoms with Crippen molar-refractivity contribution >= 4 is 23.1 Å². The minimum Gasteiger partial charge on any atom is -0.316 e. The van der Waals surface area contributed by atoms with Crippen LogP contribution in [0.3, 0.4) is 0 Å². The first-order valence-electron chi connectivity index (χ1n) is 6.08. The molecule has 0 saturated carbocycles. The fourth-order valence-electron chi connectivity index (χ4n) is 1.72. The molecule has 1 heterocycles. The topological polar surface area (TPSA) is 12.0 Å². The lowest BCUT2D eigenvalue weighted by atomic mass is 10.2. The fraction of sp³-hybridized carbons (Fsp3) is 0.692. The summed E-state index contributed by atoms with van der Waals surface area (Å²) < 4.78 is 0. The number of thioether (sulfide) groups is 1. The summed E-state index contributed by atoms with van der Waals surface area (Å²) in [6.45, 7) is 8.92. The molecule has 0 bridgehead atoms. The van der Waals surface area contributed by atoms with E-state index >= 15 is 0 Å². The van der Waals surface area contributed by atoms with E-state index in [1.54, 1.807) is 0 Å². The Morgan fingerprint density at radius 2 is 2.12 bits per heavy atom. The van der Waals surface area contributed by atoms with Crippen LogP contribution in [-0.4, -0.2) is 24.6 Å².